The van der Waals surface area contributed by atoms with Crippen molar-refractivity contribution in [3.8, 4) is 0 Å². The Hall–Kier alpha value is -1.30. The molecular weight excluding hydrogens is 301 g/mol. The first-order valence-electron chi connectivity index (χ1n) is 6.24. The average molecular weight is 316 g/mol. The molecule has 2 rings (SSSR count). The second-order valence-electron chi connectivity index (χ2n) is 4.57. The van der Waals surface area contributed by atoms with Gasteiger partial charge in [-0.25, -0.2) is 0 Å². The van der Waals surface area contributed by atoms with Crippen LogP contribution >= 0.6 is 23.2 Å². The third kappa shape index (κ3) is 4.37. The first kappa shape index (κ1) is 15.1. The normalized spacial score (nSPS) is 15.8. The van der Waals surface area contributed by atoms with E-state index in [1.165, 1.54) is 0 Å². The summed E-state index contributed by atoms with van der Waals surface area (Å²) in [5.41, 5.74) is 0.806. The highest BCUT2D eigenvalue weighted by atomic mass is 35.5. The predicted molar refractivity (Wildman–Crippen MR) is 77.8 cm³/mol. The van der Waals surface area contributed by atoms with E-state index in [4.69, 9.17) is 23.2 Å². The summed E-state index contributed by atoms with van der Waals surface area (Å²) in [6.45, 7) is 2.07. The minimum atomic E-state index is -0.134. The predicted octanol–water partition coefficient (Wildman–Crippen LogP) is 1.04. The molecule has 0 aromatic heterocycles. The van der Waals surface area contributed by atoms with E-state index < -0.39 is 0 Å². The van der Waals surface area contributed by atoms with Crippen molar-refractivity contribution < 1.29 is 9.59 Å². The largest absolute Gasteiger partial charge is 0.354 e. The Labute approximate surface area is 127 Å². The van der Waals surface area contributed by atoms with E-state index in [1.807, 2.05) is 0 Å². The van der Waals surface area contributed by atoms with Crippen molar-refractivity contribution in [2.24, 2.45) is 0 Å². The lowest BCUT2D eigenvalue weighted by atomic mass is 10.2. The van der Waals surface area contributed by atoms with Gasteiger partial charge in [-0.2, -0.15) is 0 Å². The van der Waals surface area contributed by atoms with Gasteiger partial charge in [0.05, 0.1) is 13.1 Å². The molecule has 1 heterocycles. The van der Waals surface area contributed by atoms with Crippen molar-refractivity contribution in [1.29, 1.82) is 0 Å². The fourth-order valence-corrected chi connectivity index (χ4v) is 2.42. The third-order valence-corrected chi connectivity index (χ3v) is 3.56. The maximum Gasteiger partial charge on any atom is 0.234 e. The van der Waals surface area contributed by atoms with Crippen LogP contribution in [0.5, 0.6) is 0 Å². The van der Waals surface area contributed by atoms with Gasteiger partial charge in [0.15, 0.2) is 0 Å². The number of benzene rings is 1. The molecule has 1 aliphatic heterocycles. The summed E-state index contributed by atoms with van der Waals surface area (Å²) < 4.78 is 0. The number of hydrogen-bond donors (Lipinski definition) is 2. The number of piperazine rings is 1. The van der Waals surface area contributed by atoms with Crippen molar-refractivity contribution >= 4 is 35.0 Å². The van der Waals surface area contributed by atoms with Gasteiger partial charge in [0.25, 0.3) is 0 Å². The summed E-state index contributed by atoms with van der Waals surface area (Å²) in [6.07, 6.45) is 0. The Bertz CT molecular complexity index is 522. The molecule has 0 atom stereocenters. The first-order valence-corrected chi connectivity index (χ1v) is 7.00. The van der Waals surface area contributed by atoms with E-state index in [0.29, 0.717) is 29.7 Å². The van der Waals surface area contributed by atoms with Gasteiger partial charge in [-0.3, -0.25) is 14.5 Å². The molecule has 0 radical (unpaired) electrons. The minimum absolute atomic E-state index is 0.0511. The fourth-order valence-electron chi connectivity index (χ4n) is 1.94. The van der Waals surface area contributed by atoms with E-state index in [2.05, 4.69) is 10.6 Å². The van der Waals surface area contributed by atoms with E-state index >= 15 is 0 Å². The summed E-state index contributed by atoms with van der Waals surface area (Å²) in [5, 5.41) is 6.58. The molecular formula is C13H15Cl2N3O2. The van der Waals surface area contributed by atoms with Crippen LogP contribution in [0.4, 0.5) is 0 Å². The van der Waals surface area contributed by atoms with Gasteiger partial charge in [0, 0.05) is 29.7 Å². The number of halogens is 2. The van der Waals surface area contributed by atoms with E-state index in [0.717, 1.165) is 5.56 Å². The Morgan fingerprint density at radius 2 is 2.20 bits per heavy atom. The van der Waals surface area contributed by atoms with Crippen molar-refractivity contribution in [2.45, 2.75) is 6.54 Å². The van der Waals surface area contributed by atoms with E-state index in [1.54, 1.807) is 23.1 Å². The monoisotopic (exact) mass is 315 g/mol. The standard InChI is InChI=1S/C13H15Cl2N3O2/c14-10-2-1-9(11(15)5-10)6-17-13(20)8-18-4-3-16-12(19)7-18/h1-2,5H,3-4,6-8H2,(H,16,19)(H,17,20). The van der Waals surface area contributed by atoms with Crippen molar-refractivity contribution in [3.05, 3.63) is 33.8 Å². The molecule has 108 valence electrons. The molecule has 20 heavy (non-hydrogen) atoms. The van der Waals surface area contributed by atoms with Crippen LogP contribution in [0, 0.1) is 0 Å². The molecule has 2 amide bonds. The number of carbonyl (C=O) groups excluding carboxylic acids is 2. The van der Waals surface area contributed by atoms with Crippen molar-refractivity contribution in [3.63, 3.8) is 0 Å². The Morgan fingerprint density at radius 1 is 1.40 bits per heavy atom. The molecule has 1 aliphatic rings. The summed E-state index contributed by atoms with van der Waals surface area (Å²) in [6, 6.07) is 5.14. The quantitative estimate of drug-likeness (QED) is 0.873. The molecule has 7 heteroatoms. The maximum absolute atomic E-state index is 11.8. The average Bonchev–Trinajstić information content (AvgIpc) is 2.37. The Morgan fingerprint density at radius 3 is 2.90 bits per heavy atom. The molecule has 0 aliphatic carbocycles. The molecule has 0 bridgehead atoms. The van der Waals surface area contributed by atoms with Crippen molar-refractivity contribution in [1.82, 2.24) is 15.5 Å². The fraction of sp³-hybridized carbons (Fsp3) is 0.385. The highest BCUT2D eigenvalue weighted by Gasteiger charge is 2.18. The van der Waals surface area contributed by atoms with Crippen LogP contribution in [0.2, 0.25) is 10.0 Å². The van der Waals surface area contributed by atoms with Crippen LogP contribution in [0.3, 0.4) is 0 Å². The van der Waals surface area contributed by atoms with Crippen LogP contribution in [0.15, 0.2) is 18.2 Å². The zero-order valence-electron chi connectivity index (χ0n) is 10.8. The van der Waals surface area contributed by atoms with Crippen molar-refractivity contribution in [2.75, 3.05) is 26.2 Å². The lowest BCUT2D eigenvalue weighted by molar-refractivity contribution is -0.127. The molecule has 2 N–H and O–H groups in total. The van der Waals surface area contributed by atoms with Gasteiger partial charge < -0.3 is 10.6 Å². The molecule has 0 saturated carbocycles. The second kappa shape index (κ2) is 6.92. The number of hydrogen-bond acceptors (Lipinski definition) is 3. The summed E-state index contributed by atoms with van der Waals surface area (Å²) in [7, 11) is 0. The van der Waals surface area contributed by atoms with Gasteiger partial charge in [0.2, 0.25) is 11.8 Å². The van der Waals surface area contributed by atoms with Crippen LogP contribution in [0.1, 0.15) is 5.56 Å². The van der Waals surface area contributed by atoms with Crippen LogP contribution in [-0.2, 0) is 16.1 Å². The highest BCUT2D eigenvalue weighted by molar-refractivity contribution is 6.35. The smallest absolute Gasteiger partial charge is 0.234 e. The molecule has 1 saturated heterocycles. The molecule has 0 unspecified atom stereocenters. The second-order valence-corrected chi connectivity index (χ2v) is 5.42. The molecule has 1 aromatic rings. The van der Waals surface area contributed by atoms with Crippen LogP contribution in [-0.4, -0.2) is 42.9 Å². The molecule has 1 aromatic carbocycles. The van der Waals surface area contributed by atoms with E-state index in [9.17, 15) is 9.59 Å². The Kier molecular flexibility index (Phi) is 5.23. The highest BCUT2D eigenvalue weighted by Crippen LogP contribution is 2.20. The molecule has 0 spiro atoms. The molecule has 1 fully saturated rings. The SMILES string of the molecule is O=C1CN(CC(=O)NCc2ccc(Cl)cc2Cl)CCN1. The lowest BCUT2D eigenvalue weighted by Gasteiger charge is -2.25. The summed E-state index contributed by atoms with van der Waals surface area (Å²) >= 11 is 11.8. The van der Waals surface area contributed by atoms with Gasteiger partial charge in [-0.1, -0.05) is 29.3 Å². The van der Waals surface area contributed by atoms with Gasteiger partial charge >= 0.3 is 0 Å². The lowest BCUT2D eigenvalue weighted by Crippen LogP contribution is -2.50. The topological polar surface area (TPSA) is 61.4 Å². The molecule has 5 nitrogen and oxygen atoms in total. The Balaban J connectivity index is 1.81. The maximum atomic E-state index is 11.8. The van der Waals surface area contributed by atoms with Gasteiger partial charge in [0.1, 0.15) is 0 Å². The summed E-state index contributed by atoms with van der Waals surface area (Å²) in [4.78, 5) is 24.8. The number of rotatable bonds is 4. The first-order chi connectivity index (χ1) is 9.54. The number of amides is 2. The number of nitrogens with one attached hydrogen (secondary N) is 2. The zero-order valence-corrected chi connectivity index (χ0v) is 12.3. The van der Waals surface area contributed by atoms with E-state index in [-0.39, 0.29) is 24.9 Å². The van der Waals surface area contributed by atoms with Gasteiger partial charge in [-0.15, -0.1) is 0 Å². The van der Waals surface area contributed by atoms with Gasteiger partial charge in [-0.05, 0) is 17.7 Å². The number of carbonyl (C=O) groups is 2. The third-order valence-electron chi connectivity index (χ3n) is 2.98. The van der Waals surface area contributed by atoms with Crippen LogP contribution in [0.25, 0.3) is 0 Å². The summed E-state index contributed by atoms with van der Waals surface area (Å²) in [5.74, 6) is -0.185. The van der Waals surface area contributed by atoms with Crippen LogP contribution < -0.4 is 10.6 Å². The number of nitrogens with zero attached hydrogens (tertiary/aromatic N) is 1. The zero-order chi connectivity index (χ0) is 14.5. The minimum Gasteiger partial charge on any atom is -0.354 e.